The fraction of sp³-hybridized carbons (Fsp3) is 0.533. The molecule has 114 valence electrons. The van der Waals surface area contributed by atoms with Gasteiger partial charge < -0.3 is 16.0 Å². The fourth-order valence-electron chi connectivity index (χ4n) is 2.40. The van der Waals surface area contributed by atoms with Gasteiger partial charge >= 0.3 is 0 Å². The summed E-state index contributed by atoms with van der Waals surface area (Å²) >= 11 is 0. The van der Waals surface area contributed by atoms with E-state index in [-0.39, 0.29) is 0 Å². The Bertz CT molecular complexity index is 599. The van der Waals surface area contributed by atoms with Crippen molar-refractivity contribution in [1.82, 2.24) is 20.3 Å². The Balaban J connectivity index is 0.000000272. The van der Waals surface area contributed by atoms with Gasteiger partial charge in [-0.05, 0) is 51.4 Å². The van der Waals surface area contributed by atoms with Gasteiger partial charge in [0.05, 0.1) is 5.39 Å². The van der Waals surface area contributed by atoms with Gasteiger partial charge in [-0.1, -0.05) is 0 Å². The summed E-state index contributed by atoms with van der Waals surface area (Å²) in [5.74, 6) is 1.38. The zero-order valence-corrected chi connectivity index (χ0v) is 13.2. The van der Waals surface area contributed by atoms with E-state index >= 15 is 0 Å². The van der Waals surface area contributed by atoms with E-state index in [0.717, 1.165) is 28.1 Å². The third-order valence-corrected chi connectivity index (χ3v) is 3.41. The Morgan fingerprint density at radius 3 is 2.24 bits per heavy atom. The molecule has 1 aliphatic rings. The molecule has 0 amide bonds. The first-order chi connectivity index (χ1) is 10.2. The monoisotopic (exact) mass is 288 g/mol. The van der Waals surface area contributed by atoms with Crippen LogP contribution in [0.3, 0.4) is 0 Å². The highest BCUT2D eigenvalue weighted by molar-refractivity contribution is 5.90. The summed E-state index contributed by atoms with van der Waals surface area (Å²) in [5, 5.41) is 10.2. The minimum atomic E-state index is 0.578. The molecule has 3 heterocycles. The SMILES string of the molecule is C1CCNC1.CNc1nc(NC)c2c(C)cc(C)nc2n1. The molecule has 6 heteroatoms. The van der Waals surface area contributed by atoms with E-state index in [0.29, 0.717) is 5.95 Å². The van der Waals surface area contributed by atoms with Gasteiger partial charge in [0.25, 0.3) is 0 Å². The van der Waals surface area contributed by atoms with Crippen molar-refractivity contribution in [3.05, 3.63) is 17.3 Å². The van der Waals surface area contributed by atoms with Crippen molar-refractivity contribution >= 4 is 22.8 Å². The molecule has 1 saturated heterocycles. The summed E-state index contributed by atoms with van der Waals surface area (Å²) in [6.45, 7) is 6.51. The molecule has 6 nitrogen and oxygen atoms in total. The number of anilines is 2. The number of nitrogens with one attached hydrogen (secondary N) is 3. The molecule has 0 saturated carbocycles. The first-order valence-electron chi connectivity index (χ1n) is 7.38. The van der Waals surface area contributed by atoms with E-state index in [1.165, 1.54) is 25.9 Å². The quantitative estimate of drug-likeness (QED) is 0.786. The average molecular weight is 288 g/mol. The van der Waals surface area contributed by atoms with Crippen LogP contribution < -0.4 is 16.0 Å². The predicted octanol–water partition coefficient (Wildman–Crippen LogP) is 2.09. The molecule has 0 bridgehead atoms. The number of aryl methyl sites for hydroxylation is 2. The normalized spacial score (nSPS) is 13.7. The van der Waals surface area contributed by atoms with Crippen molar-refractivity contribution in [2.75, 3.05) is 37.8 Å². The predicted molar refractivity (Wildman–Crippen MR) is 88.0 cm³/mol. The Hall–Kier alpha value is -1.95. The van der Waals surface area contributed by atoms with Crippen LogP contribution in [0.25, 0.3) is 11.0 Å². The van der Waals surface area contributed by atoms with E-state index < -0.39 is 0 Å². The molecular formula is C15H24N6. The van der Waals surface area contributed by atoms with E-state index in [1.807, 2.05) is 27.0 Å². The highest BCUT2D eigenvalue weighted by Crippen LogP contribution is 2.24. The second-order valence-corrected chi connectivity index (χ2v) is 5.13. The van der Waals surface area contributed by atoms with Crippen LogP contribution in [0.15, 0.2) is 6.07 Å². The molecule has 1 fully saturated rings. The third kappa shape index (κ3) is 3.78. The highest BCUT2D eigenvalue weighted by Gasteiger charge is 2.10. The molecule has 0 aliphatic carbocycles. The zero-order chi connectivity index (χ0) is 15.2. The number of aromatic nitrogens is 3. The molecule has 0 spiro atoms. The molecular weight excluding hydrogens is 264 g/mol. The molecule has 0 atom stereocenters. The van der Waals surface area contributed by atoms with Crippen LogP contribution in [0, 0.1) is 13.8 Å². The third-order valence-electron chi connectivity index (χ3n) is 3.41. The molecule has 3 N–H and O–H groups in total. The maximum Gasteiger partial charge on any atom is 0.226 e. The first kappa shape index (κ1) is 15.4. The lowest BCUT2D eigenvalue weighted by molar-refractivity contribution is 0.857. The van der Waals surface area contributed by atoms with Gasteiger partial charge in [0.15, 0.2) is 5.65 Å². The van der Waals surface area contributed by atoms with E-state index in [2.05, 4.69) is 30.9 Å². The topological polar surface area (TPSA) is 74.8 Å². The van der Waals surface area contributed by atoms with Gasteiger partial charge in [-0.15, -0.1) is 0 Å². The molecule has 0 unspecified atom stereocenters. The number of nitrogens with zero attached hydrogens (tertiary/aromatic N) is 3. The van der Waals surface area contributed by atoms with E-state index in [1.54, 1.807) is 7.05 Å². The lowest BCUT2D eigenvalue weighted by Crippen LogP contribution is -2.04. The Morgan fingerprint density at radius 1 is 1.00 bits per heavy atom. The van der Waals surface area contributed by atoms with Crippen LogP contribution in [0.4, 0.5) is 11.8 Å². The van der Waals surface area contributed by atoms with Crippen molar-refractivity contribution in [3.63, 3.8) is 0 Å². The van der Waals surface area contributed by atoms with Gasteiger partial charge in [-0.3, -0.25) is 0 Å². The van der Waals surface area contributed by atoms with Gasteiger partial charge in [-0.25, -0.2) is 4.98 Å². The molecule has 0 aromatic carbocycles. The summed E-state index contributed by atoms with van der Waals surface area (Å²) in [6.07, 6.45) is 2.78. The number of rotatable bonds is 2. The molecule has 3 rings (SSSR count). The van der Waals surface area contributed by atoms with Crippen LogP contribution >= 0.6 is 0 Å². The smallest absolute Gasteiger partial charge is 0.226 e. The average Bonchev–Trinajstić information content (AvgIpc) is 3.04. The zero-order valence-electron chi connectivity index (χ0n) is 13.2. The van der Waals surface area contributed by atoms with Crippen molar-refractivity contribution in [3.8, 4) is 0 Å². The van der Waals surface area contributed by atoms with Gasteiger partial charge in [0, 0.05) is 19.8 Å². The number of pyridine rings is 1. The standard InChI is InChI=1S/C11H15N5.C4H9N/c1-6-5-7(2)14-10-8(6)9(12-3)15-11(13-4)16-10;1-2-4-5-3-1/h5H,1-4H3,(H2,12,13,14,15,16);5H,1-4H2. The van der Waals surface area contributed by atoms with Crippen molar-refractivity contribution in [2.45, 2.75) is 26.7 Å². The molecule has 2 aromatic rings. The van der Waals surface area contributed by atoms with Crippen molar-refractivity contribution in [2.24, 2.45) is 0 Å². The Kier molecular flexibility index (Phi) is 5.27. The van der Waals surface area contributed by atoms with Crippen LogP contribution in [0.5, 0.6) is 0 Å². The maximum atomic E-state index is 4.42. The summed E-state index contributed by atoms with van der Waals surface area (Å²) in [4.78, 5) is 13.1. The molecule has 1 aliphatic heterocycles. The van der Waals surface area contributed by atoms with Crippen molar-refractivity contribution in [1.29, 1.82) is 0 Å². The number of hydrogen-bond acceptors (Lipinski definition) is 6. The summed E-state index contributed by atoms with van der Waals surface area (Å²) < 4.78 is 0. The summed E-state index contributed by atoms with van der Waals surface area (Å²) in [5.41, 5.74) is 2.82. The summed E-state index contributed by atoms with van der Waals surface area (Å²) in [6, 6.07) is 2.03. The number of hydrogen-bond donors (Lipinski definition) is 3. The van der Waals surface area contributed by atoms with Gasteiger partial charge in [-0.2, -0.15) is 9.97 Å². The van der Waals surface area contributed by atoms with Crippen LogP contribution in [0.1, 0.15) is 24.1 Å². The van der Waals surface area contributed by atoms with Gasteiger partial charge in [0.2, 0.25) is 5.95 Å². The lowest BCUT2D eigenvalue weighted by Gasteiger charge is -2.09. The second kappa shape index (κ2) is 7.17. The minimum Gasteiger partial charge on any atom is -0.372 e. The molecule has 2 aromatic heterocycles. The minimum absolute atomic E-state index is 0.578. The Morgan fingerprint density at radius 2 is 1.71 bits per heavy atom. The summed E-state index contributed by atoms with van der Waals surface area (Å²) in [7, 11) is 3.64. The van der Waals surface area contributed by atoms with E-state index in [4.69, 9.17) is 0 Å². The highest BCUT2D eigenvalue weighted by atomic mass is 15.1. The van der Waals surface area contributed by atoms with E-state index in [9.17, 15) is 0 Å². The van der Waals surface area contributed by atoms with Crippen LogP contribution in [-0.2, 0) is 0 Å². The molecule has 21 heavy (non-hydrogen) atoms. The first-order valence-corrected chi connectivity index (χ1v) is 7.38. The molecule has 0 radical (unpaired) electrons. The lowest BCUT2D eigenvalue weighted by atomic mass is 10.1. The fourth-order valence-corrected chi connectivity index (χ4v) is 2.40. The Labute approximate surface area is 125 Å². The van der Waals surface area contributed by atoms with Crippen molar-refractivity contribution < 1.29 is 0 Å². The largest absolute Gasteiger partial charge is 0.372 e. The number of fused-ring (bicyclic) bond motifs is 1. The maximum absolute atomic E-state index is 4.42. The second-order valence-electron chi connectivity index (χ2n) is 5.13. The van der Waals surface area contributed by atoms with Crippen LogP contribution in [0.2, 0.25) is 0 Å². The van der Waals surface area contributed by atoms with Gasteiger partial charge in [0.1, 0.15) is 5.82 Å². The van der Waals surface area contributed by atoms with Crippen LogP contribution in [-0.4, -0.2) is 42.1 Å².